The van der Waals surface area contributed by atoms with Crippen LogP contribution in [0, 0.1) is 0 Å². The van der Waals surface area contributed by atoms with Crippen LogP contribution in [0.15, 0.2) is 53.0 Å². The Kier molecular flexibility index (Phi) is 4.65. The van der Waals surface area contributed by atoms with Crippen molar-refractivity contribution in [1.82, 2.24) is 5.32 Å². The minimum absolute atomic E-state index is 0.266. The van der Waals surface area contributed by atoms with Crippen LogP contribution in [0.4, 0.5) is 0 Å². The monoisotopic (exact) mass is 379 g/mol. The Balaban J connectivity index is 1.77. The second-order valence-corrected chi connectivity index (χ2v) is 7.33. The highest BCUT2D eigenvalue weighted by molar-refractivity contribution is 9.10. The third-order valence-corrected chi connectivity index (χ3v) is 5.98. The van der Waals surface area contributed by atoms with Gasteiger partial charge in [-0.1, -0.05) is 63.9 Å². The second-order valence-electron chi connectivity index (χ2n) is 4.96. The summed E-state index contributed by atoms with van der Waals surface area (Å²) in [5.41, 5.74) is 1.26. The third kappa shape index (κ3) is 3.16. The maximum absolute atomic E-state index is 6.48. The summed E-state index contributed by atoms with van der Waals surface area (Å²) >= 11 is 11.8. The molecule has 3 rings (SSSR count). The minimum atomic E-state index is 0.266. The van der Waals surface area contributed by atoms with Gasteiger partial charge in [-0.05, 0) is 24.6 Å². The van der Waals surface area contributed by atoms with E-state index in [0.29, 0.717) is 0 Å². The van der Waals surface area contributed by atoms with Crippen LogP contribution < -0.4 is 5.32 Å². The normalized spacial score (nSPS) is 12.7. The lowest BCUT2D eigenvalue weighted by Gasteiger charge is -2.15. The fourth-order valence-corrected chi connectivity index (χ4v) is 4.44. The molecule has 0 aliphatic carbocycles. The van der Waals surface area contributed by atoms with Crippen LogP contribution in [0.3, 0.4) is 0 Å². The van der Waals surface area contributed by atoms with Crippen molar-refractivity contribution in [1.29, 1.82) is 0 Å². The van der Waals surface area contributed by atoms with Gasteiger partial charge in [0.15, 0.2) is 0 Å². The van der Waals surface area contributed by atoms with E-state index in [4.69, 9.17) is 11.6 Å². The van der Waals surface area contributed by atoms with Crippen molar-refractivity contribution < 1.29 is 0 Å². The van der Waals surface area contributed by atoms with Crippen molar-refractivity contribution in [2.24, 2.45) is 0 Å². The fourth-order valence-electron chi connectivity index (χ4n) is 2.36. The van der Waals surface area contributed by atoms with E-state index in [2.05, 4.69) is 64.6 Å². The van der Waals surface area contributed by atoms with Crippen molar-refractivity contribution in [3.63, 3.8) is 0 Å². The van der Waals surface area contributed by atoms with Gasteiger partial charge >= 0.3 is 0 Å². The molecule has 2 aromatic carbocycles. The van der Waals surface area contributed by atoms with Gasteiger partial charge in [0.1, 0.15) is 0 Å². The van der Waals surface area contributed by atoms with E-state index in [1.54, 1.807) is 11.3 Å². The highest BCUT2D eigenvalue weighted by Crippen LogP contribution is 2.35. The third-order valence-electron chi connectivity index (χ3n) is 3.54. The lowest BCUT2D eigenvalue weighted by Crippen LogP contribution is -2.18. The van der Waals surface area contributed by atoms with Gasteiger partial charge in [-0.25, -0.2) is 0 Å². The second kappa shape index (κ2) is 6.49. The zero-order chi connectivity index (χ0) is 14.8. The van der Waals surface area contributed by atoms with Gasteiger partial charge in [-0.3, -0.25) is 0 Å². The van der Waals surface area contributed by atoms with Gasteiger partial charge < -0.3 is 5.32 Å². The predicted molar refractivity (Wildman–Crippen MR) is 96.2 cm³/mol. The molecule has 0 spiro atoms. The van der Waals surface area contributed by atoms with E-state index in [1.807, 2.05) is 12.1 Å². The molecule has 0 saturated heterocycles. The van der Waals surface area contributed by atoms with E-state index >= 15 is 0 Å². The van der Waals surface area contributed by atoms with Gasteiger partial charge in [0.2, 0.25) is 0 Å². The molecule has 21 heavy (non-hydrogen) atoms. The Hall–Kier alpha value is -0.870. The average molecular weight is 381 g/mol. The first kappa shape index (κ1) is 15.0. The molecule has 0 aliphatic heterocycles. The van der Waals surface area contributed by atoms with E-state index in [-0.39, 0.29) is 6.04 Å². The smallest absolute Gasteiger partial charge is 0.0636 e. The van der Waals surface area contributed by atoms with Crippen molar-refractivity contribution in [3.05, 3.63) is 68.5 Å². The minimum Gasteiger partial charge on any atom is -0.305 e. The molecule has 0 bridgehead atoms. The molecule has 1 heterocycles. The summed E-state index contributed by atoms with van der Waals surface area (Å²) in [5.74, 6) is 0. The van der Waals surface area contributed by atoms with Gasteiger partial charge in [-0.15, -0.1) is 11.3 Å². The largest absolute Gasteiger partial charge is 0.305 e. The number of benzene rings is 2. The quantitative estimate of drug-likeness (QED) is 0.571. The predicted octanol–water partition coefficient (Wildman–Crippen LogP) is 6.17. The van der Waals surface area contributed by atoms with Crippen LogP contribution in [0.5, 0.6) is 0 Å². The number of hydrogen-bond donors (Lipinski definition) is 1. The van der Waals surface area contributed by atoms with Crippen molar-refractivity contribution >= 4 is 49.0 Å². The van der Waals surface area contributed by atoms with E-state index in [0.717, 1.165) is 21.4 Å². The molecule has 1 atom stereocenters. The number of hydrogen-bond acceptors (Lipinski definition) is 2. The summed E-state index contributed by atoms with van der Waals surface area (Å²) in [6.07, 6.45) is 0. The van der Waals surface area contributed by atoms with Crippen LogP contribution in [-0.4, -0.2) is 0 Å². The lowest BCUT2D eigenvalue weighted by molar-refractivity contribution is 0.577. The van der Waals surface area contributed by atoms with Crippen molar-refractivity contribution in [2.45, 2.75) is 19.5 Å². The first-order valence-corrected chi connectivity index (χ1v) is 8.79. The molecule has 0 fully saturated rings. The Labute approximate surface area is 142 Å². The van der Waals surface area contributed by atoms with E-state index in [1.165, 1.54) is 15.1 Å². The molecular formula is C17H15BrClNS. The Bertz CT molecular complexity index is 768. The topological polar surface area (TPSA) is 12.0 Å². The SMILES string of the molecule is CC(NCc1sc2ccccc2c1Cl)c1ccccc1Br. The average Bonchev–Trinajstić information content (AvgIpc) is 2.82. The van der Waals surface area contributed by atoms with Crippen LogP contribution in [-0.2, 0) is 6.54 Å². The lowest BCUT2D eigenvalue weighted by atomic mass is 10.1. The number of fused-ring (bicyclic) bond motifs is 1. The van der Waals surface area contributed by atoms with Crippen LogP contribution in [0.1, 0.15) is 23.4 Å². The molecule has 0 saturated carbocycles. The highest BCUT2D eigenvalue weighted by Gasteiger charge is 2.12. The number of halogens is 2. The van der Waals surface area contributed by atoms with Gasteiger partial charge in [-0.2, -0.15) is 0 Å². The maximum atomic E-state index is 6.48. The fraction of sp³-hybridized carbons (Fsp3) is 0.176. The standard InChI is InChI=1S/C17H15BrClNS/c1-11(12-6-2-4-8-14(12)18)20-10-16-17(19)13-7-3-5-9-15(13)21-16/h2-9,11,20H,10H2,1H3. The molecule has 1 nitrogen and oxygen atoms in total. The summed E-state index contributed by atoms with van der Waals surface area (Å²) < 4.78 is 2.38. The zero-order valence-electron chi connectivity index (χ0n) is 11.6. The molecule has 4 heteroatoms. The van der Waals surface area contributed by atoms with Gasteiger partial charge in [0.25, 0.3) is 0 Å². The molecule has 1 aromatic heterocycles. The van der Waals surface area contributed by atoms with Crippen molar-refractivity contribution in [2.75, 3.05) is 0 Å². The molecule has 3 aromatic rings. The molecule has 108 valence electrons. The summed E-state index contributed by atoms with van der Waals surface area (Å²) in [6.45, 7) is 2.95. The van der Waals surface area contributed by atoms with Crippen LogP contribution in [0.25, 0.3) is 10.1 Å². The highest BCUT2D eigenvalue weighted by atomic mass is 79.9. The van der Waals surface area contributed by atoms with Crippen molar-refractivity contribution in [3.8, 4) is 0 Å². The van der Waals surface area contributed by atoms with Crippen LogP contribution >= 0.6 is 38.9 Å². The first-order valence-electron chi connectivity index (χ1n) is 6.80. The van der Waals surface area contributed by atoms with Gasteiger partial charge in [0, 0.05) is 32.0 Å². The maximum Gasteiger partial charge on any atom is 0.0636 e. The summed E-state index contributed by atoms with van der Waals surface area (Å²) in [7, 11) is 0. The Morgan fingerprint density at radius 2 is 1.86 bits per heavy atom. The zero-order valence-corrected chi connectivity index (χ0v) is 14.7. The first-order chi connectivity index (χ1) is 10.2. The van der Waals surface area contributed by atoms with E-state index in [9.17, 15) is 0 Å². The Morgan fingerprint density at radius 3 is 2.62 bits per heavy atom. The Morgan fingerprint density at radius 1 is 1.14 bits per heavy atom. The summed E-state index contributed by atoms with van der Waals surface area (Å²) in [5, 5.41) is 5.58. The number of nitrogens with one attached hydrogen (secondary N) is 1. The molecule has 0 aliphatic rings. The molecule has 1 unspecified atom stereocenters. The molecular weight excluding hydrogens is 366 g/mol. The molecule has 1 N–H and O–H groups in total. The number of rotatable bonds is 4. The summed E-state index contributed by atoms with van der Waals surface area (Å²) in [6, 6.07) is 16.8. The number of thiophene rings is 1. The van der Waals surface area contributed by atoms with Gasteiger partial charge in [0.05, 0.1) is 5.02 Å². The van der Waals surface area contributed by atoms with Crippen LogP contribution in [0.2, 0.25) is 5.02 Å². The summed E-state index contributed by atoms with van der Waals surface area (Å²) in [4.78, 5) is 1.19. The van der Waals surface area contributed by atoms with E-state index < -0.39 is 0 Å². The molecule has 0 radical (unpaired) electrons. The molecule has 0 amide bonds.